The number of carbonyl (C=O) groups excluding carboxylic acids is 2. The second-order valence-corrected chi connectivity index (χ2v) is 5.95. The van der Waals surface area contributed by atoms with Crippen LogP contribution in [0, 0.1) is 16.0 Å². The molecular weight excluding hydrogens is 348 g/mol. The van der Waals surface area contributed by atoms with Crippen molar-refractivity contribution in [2.45, 2.75) is 38.5 Å². The van der Waals surface area contributed by atoms with Crippen molar-refractivity contribution in [1.29, 1.82) is 0 Å². The minimum atomic E-state index is -1.02. The summed E-state index contributed by atoms with van der Waals surface area (Å²) in [6.07, 6.45) is -1.57. The molecule has 1 amide bonds. The maximum Gasteiger partial charge on any atom is 0.508 e. The summed E-state index contributed by atoms with van der Waals surface area (Å²) >= 11 is 0. The van der Waals surface area contributed by atoms with E-state index in [0.717, 1.165) is 0 Å². The molecule has 0 saturated carbocycles. The van der Waals surface area contributed by atoms with Crippen LogP contribution < -0.4 is 5.32 Å². The minimum absolute atomic E-state index is 0.0698. The number of non-ortho nitro benzene ring substituents is 1. The number of hydrogen-bond acceptors (Lipinski definition) is 7. The molecule has 3 atom stereocenters. The van der Waals surface area contributed by atoms with Crippen molar-refractivity contribution < 1.29 is 33.9 Å². The summed E-state index contributed by atoms with van der Waals surface area (Å²) in [5, 5.41) is 21.8. The highest BCUT2D eigenvalue weighted by atomic mass is 16.7. The molecule has 0 radical (unpaired) electrons. The molecule has 0 spiro atoms. The third-order valence-corrected chi connectivity index (χ3v) is 3.93. The van der Waals surface area contributed by atoms with E-state index in [9.17, 15) is 24.5 Å². The van der Waals surface area contributed by atoms with Crippen LogP contribution in [0.2, 0.25) is 0 Å². The summed E-state index contributed by atoms with van der Waals surface area (Å²) in [6, 6.07) is 5.05. The molecule has 2 N–H and O–H groups in total. The number of aliphatic carboxylic acids is 1. The number of amides is 1. The highest BCUT2D eigenvalue weighted by molar-refractivity contribution is 5.87. The number of carboxylic acids is 1. The summed E-state index contributed by atoms with van der Waals surface area (Å²) in [5.41, 5.74) is 0.486. The molecular formula is C16H18N2O8. The summed E-state index contributed by atoms with van der Waals surface area (Å²) in [4.78, 5) is 43.9. The van der Waals surface area contributed by atoms with Crippen LogP contribution in [0.3, 0.4) is 0 Å². The molecule has 1 fully saturated rings. The van der Waals surface area contributed by atoms with Gasteiger partial charge in [0, 0.05) is 12.1 Å². The second-order valence-electron chi connectivity index (χ2n) is 5.95. The lowest BCUT2D eigenvalue weighted by Gasteiger charge is -2.36. The van der Waals surface area contributed by atoms with Crippen LogP contribution in [0.25, 0.3) is 0 Å². The number of ether oxygens (including phenoxy) is 2. The van der Waals surface area contributed by atoms with E-state index in [4.69, 9.17) is 14.6 Å². The van der Waals surface area contributed by atoms with Crippen molar-refractivity contribution in [3.8, 4) is 0 Å². The monoisotopic (exact) mass is 366 g/mol. The quantitative estimate of drug-likeness (QED) is 0.305. The van der Waals surface area contributed by atoms with Gasteiger partial charge in [0.15, 0.2) is 0 Å². The highest BCUT2D eigenvalue weighted by Crippen LogP contribution is 2.24. The molecule has 1 aromatic rings. The van der Waals surface area contributed by atoms with Crippen LogP contribution in [0.5, 0.6) is 0 Å². The number of carboxylic acid groups (broad SMARTS) is 1. The fourth-order valence-corrected chi connectivity index (χ4v) is 2.59. The first-order valence-corrected chi connectivity index (χ1v) is 7.85. The van der Waals surface area contributed by atoms with Gasteiger partial charge >= 0.3 is 12.1 Å². The fraction of sp³-hybridized carbons (Fsp3) is 0.438. The molecule has 1 aliphatic heterocycles. The first-order valence-electron chi connectivity index (χ1n) is 7.85. The van der Waals surface area contributed by atoms with Crippen LogP contribution in [-0.2, 0) is 25.7 Å². The summed E-state index contributed by atoms with van der Waals surface area (Å²) < 4.78 is 9.97. The van der Waals surface area contributed by atoms with Crippen molar-refractivity contribution in [2.24, 2.45) is 5.92 Å². The molecule has 0 bridgehead atoms. The van der Waals surface area contributed by atoms with Gasteiger partial charge in [0.1, 0.15) is 12.7 Å². The minimum Gasteiger partial charge on any atom is -0.481 e. The Balaban J connectivity index is 1.75. The maximum atomic E-state index is 11.7. The average Bonchev–Trinajstić information content (AvgIpc) is 2.57. The number of nitrogens with one attached hydrogen (secondary N) is 1. The number of nitro benzene ring substituents is 1. The lowest BCUT2D eigenvalue weighted by atomic mass is 9.84. The number of nitro groups is 1. The molecule has 1 saturated heterocycles. The Bertz CT molecular complexity index is 703. The van der Waals surface area contributed by atoms with Crippen LogP contribution in [0.1, 0.15) is 25.3 Å². The SMILES string of the molecule is CC(C[C@@H]1C(=O)N[C@@H]1CC(=O)O)OC(=O)OCc1ccc([N+](=O)[O-])cc1. The molecule has 10 nitrogen and oxygen atoms in total. The molecule has 1 aliphatic rings. The molecule has 0 aromatic heterocycles. The van der Waals surface area contributed by atoms with E-state index in [1.54, 1.807) is 6.92 Å². The Hall–Kier alpha value is -3.17. The van der Waals surface area contributed by atoms with E-state index >= 15 is 0 Å². The standard InChI is InChI=1S/C16H18N2O8/c1-9(6-12-13(7-14(19)20)17-15(12)21)26-16(22)25-8-10-2-4-11(5-3-10)18(23)24/h2-5,9,12-13H,6-8H2,1H3,(H,17,21)(H,19,20)/t9?,12-,13+/m0/s1. The molecule has 0 aliphatic carbocycles. The third-order valence-electron chi connectivity index (χ3n) is 3.93. The number of benzene rings is 1. The molecule has 1 aromatic carbocycles. The van der Waals surface area contributed by atoms with Crippen LogP contribution in [0.4, 0.5) is 10.5 Å². The average molecular weight is 366 g/mol. The van der Waals surface area contributed by atoms with Crippen molar-refractivity contribution in [2.75, 3.05) is 0 Å². The Morgan fingerprint density at radius 2 is 2.00 bits per heavy atom. The van der Waals surface area contributed by atoms with E-state index in [2.05, 4.69) is 5.32 Å². The summed E-state index contributed by atoms with van der Waals surface area (Å²) in [7, 11) is 0. The van der Waals surface area contributed by atoms with Crippen LogP contribution in [-0.4, -0.2) is 40.2 Å². The van der Waals surface area contributed by atoms with E-state index in [-0.39, 0.29) is 31.0 Å². The Labute approximate surface area is 148 Å². The number of carbonyl (C=O) groups is 3. The van der Waals surface area contributed by atoms with Crippen molar-refractivity contribution in [3.63, 3.8) is 0 Å². The zero-order chi connectivity index (χ0) is 19.3. The fourth-order valence-electron chi connectivity index (χ4n) is 2.59. The first-order chi connectivity index (χ1) is 12.3. The van der Waals surface area contributed by atoms with Gasteiger partial charge in [-0.2, -0.15) is 0 Å². The highest BCUT2D eigenvalue weighted by Gasteiger charge is 2.41. The van der Waals surface area contributed by atoms with Gasteiger partial charge in [-0.25, -0.2) is 4.79 Å². The molecule has 2 rings (SSSR count). The number of hydrogen-bond donors (Lipinski definition) is 2. The van der Waals surface area contributed by atoms with Gasteiger partial charge in [-0.15, -0.1) is 0 Å². The van der Waals surface area contributed by atoms with Crippen molar-refractivity contribution in [3.05, 3.63) is 39.9 Å². The smallest absolute Gasteiger partial charge is 0.481 e. The number of rotatable bonds is 8. The van der Waals surface area contributed by atoms with Gasteiger partial charge in [0.2, 0.25) is 5.91 Å². The lowest BCUT2D eigenvalue weighted by molar-refractivity contribution is -0.384. The van der Waals surface area contributed by atoms with E-state index in [1.165, 1.54) is 24.3 Å². The third kappa shape index (κ3) is 5.16. The number of nitrogens with zero attached hydrogens (tertiary/aromatic N) is 1. The van der Waals surface area contributed by atoms with Gasteiger partial charge in [-0.1, -0.05) is 0 Å². The van der Waals surface area contributed by atoms with E-state index in [0.29, 0.717) is 5.56 Å². The Morgan fingerprint density at radius 1 is 1.35 bits per heavy atom. The van der Waals surface area contributed by atoms with E-state index < -0.39 is 35.1 Å². The zero-order valence-corrected chi connectivity index (χ0v) is 13.9. The molecule has 1 heterocycles. The molecule has 1 unspecified atom stereocenters. The van der Waals surface area contributed by atoms with Gasteiger partial charge in [0.05, 0.1) is 23.3 Å². The predicted molar refractivity (Wildman–Crippen MR) is 86.1 cm³/mol. The van der Waals surface area contributed by atoms with Gasteiger partial charge in [0.25, 0.3) is 5.69 Å². The largest absolute Gasteiger partial charge is 0.508 e. The van der Waals surface area contributed by atoms with E-state index in [1.807, 2.05) is 0 Å². The van der Waals surface area contributed by atoms with Gasteiger partial charge < -0.3 is 19.9 Å². The normalized spacial score (nSPS) is 19.7. The van der Waals surface area contributed by atoms with Crippen molar-refractivity contribution in [1.82, 2.24) is 5.32 Å². The Morgan fingerprint density at radius 3 is 2.54 bits per heavy atom. The predicted octanol–water partition coefficient (Wildman–Crippen LogP) is 1.62. The summed E-state index contributed by atoms with van der Waals surface area (Å²) in [5.74, 6) is -1.81. The lowest BCUT2D eigenvalue weighted by Crippen LogP contribution is -2.59. The Kier molecular flexibility index (Phi) is 6.10. The number of β-lactam (4-membered cyclic amide) rings is 1. The molecule has 10 heteroatoms. The summed E-state index contributed by atoms with van der Waals surface area (Å²) in [6.45, 7) is 1.46. The molecule has 140 valence electrons. The van der Waals surface area contributed by atoms with Gasteiger partial charge in [-0.3, -0.25) is 19.7 Å². The zero-order valence-electron chi connectivity index (χ0n) is 13.9. The van der Waals surface area contributed by atoms with Crippen LogP contribution in [0.15, 0.2) is 24.3 Å². The van der Waals surface area contributed by atoms with Crippen molar-refractivity contribution >= 4 is 23.7 Å². The van der Waals surface area contributed by atoms with Crippen LogP contribution >= 0.6 is 0 Å². The first kappa shape index (κ1) is 19.2. The topological polar surface area (TPSA) is 145 Å². The maximum absolute atomic E-state index is 11.7. The molecule has 26 heavy (non-hydrogen) atoms. The second kappa shape index (κ2) is 8.28. The van der Waals surface area contributed by atoms with Gasteiger partial charge in [-0.05, 0) is 31.0 Å².